The van der Waals surface area contributed by atoms with Crippen LogP contribution < -0.4 is 10.6 Å². The molecule has 8 heteroatoms. The Bertz CT molecular complexity index is 555. The van der Waals surface area contributed by atoms with Crippen molar-refractivity contribution in [1.82, 2.24) is 25.3 Å². The minimum atomic E-state index is -0.243. The summed E-state index contributed by atoms with van der Waals surface area (Å²) in [6.07, 6.45) is 3.53. The third-order valence-corrected chi connectivity index (χ3v) is 4.39. The van der Waals surface area contributed by atoms with Crippen LogP contribution in [0.4, 0.5) is 15.3 Å². The van der Waals surface area contributed by atoms with Gasteiger partial charge in [0.2, 0.25) is 0 Å². The van der Waals surface area contributed by atoms with Crippen molar-refractivity contribution >= 4 is 17.7 Å². The van der Waals surface area contributed by atoms with Crippen LogP contribution in [0.15, 0.2) is 6.20 Å². The molecule has 0 spiro atoms. The highest BCUT2D eigenvalue weighted by Crippen LogP contribution is 2.30. The topological polar surface area (TPSA) is 93.4 Å². The molecule has 1 aliphatic rings. The number of anilines is 1. The van der Waals surface area contributed by atoms with Gasteiger partial charge in [-0.05, 0) is 33.6 Å². The molecule has 1 atom stereocenters. The van der Waals surface area contributed by atoms with Gasteiger partial charge in [-0.1, -0.05) is 0 Å². The number of hydrogen-bond acceptors (Lipinski definition) is 3. The average Bonchev–Trinajstić information content (AvgIpc) is 3.04. The second kappa shape index (κ2) is 8.56. The zero-order valence-electron chi connectivity index (χ0n) is 14.8. The van der Waals surface area contributed by atoms with Gasteiger partial charge in [-0.2, -0.15) is 5.10 Å². The van der Waals surface area contributed by atoms with Gasteiger partial charge in [0.15, 0.2) is 0 Å². The summed E-state index contributed by atoms with van der Waals surface area (Å²) in [6.45, 7) is 9.26. The largest absolute Gasteiger partial charge is 0.338 e. The molecule has 2 heterocycles. The fourth-order valence-corrected chi connectivity index (χ4v) is 3.11. The molecular formula is C16H28N6O2. The first kappa shape index (κ1) is 18.1. The van der Waals surface area contributed by atoms with Gasteiger partial charge in [0.1, 0.15) is 0 Å². The van der Waals surface area contributed by atoms with Gasteiger partial charge in [-0.3, -0.25) is 5.10 Å². The summed E-state index contributed by atoms with van der Waals surface area (Å²) in [5, 5.41) is 12.6. The maximum Gasteiger partial charge on any atom is 0.319 e. The first-order valence-corrected chi connectivity index (χ1v) is 8.72. The molecule has 0 saturated carbocycles. The van der Waals surface area contributed by atoms with Gasteiger partial charge in [-0.15, -0.1) is 0 Å². The Kier molecular flexibility index (Phi) is 6.45. The van der Waals surface area contributed by atoms with E-state index in [1.807, 2.05) is 30.6 Å². The average molecular weight is 336 g/mol. The second-order valence-electron chi connectivity index (χ2n) is 5.92. The van der Waals surface area contributed by atoms with Crippen molar-refractivity contribution in [3.8, 4) is 0 Å². The summed E-state index contributed by atoms with van der Waals surface area (Å²) in [4.78, 5) is 28.1. The number of H-pyrrole nitrogens is 1. The van der Waals surface area contributed by atoms with Crippen LogP contribution in [0, 0.1) is 0 Å². The van der Waals surface area contributed by atoms with Crippen LogP contribution >= 0.6 is 0 Å². The summed E-state index contributed by atoms with van der Waals surface area (Å²) in [5.74, 6) is 0.151. The molecule has 3 N–H and O–H groups in total. The molecule has 134 valence electrons. The Labute approximate surface area is 143 Å². The number of nitrogens with one attached hydrogen (secondary N) is 3. The molecule has 1 fully saturated rings. The van der Waals surface area contributed by atoms with Crippen LogP contribution in [0.3, 0.4) is 0 Å². The normalized spacial score (nSPS) is 17.5. The molecule has 4 amide bonds. The second-order valence-corrected chi connectivity index (χ2v) is 5.92. The lowest BCUT2D eigenvalue weighted by Gasteiger charge is -2.35. The lowest BCUT2D eigenvalue weighted by atomic mass is 9.94. The Balaban J connectivity index is 2.06. The van der Waals surface area contributed by atoms with Gasteiger partial charge >= 0.3 is 12.1 Å². The molecule has 0 bridgehead atoms. The smallest absolute Gasteiger partial charge is 0.319 e. The number of carbonyl (C=O) groups excluding carboxylic acids is 2. The fourth-order valence-electron chi connectivity index (χ4n) is 3.11. The molecule has 0 radical (unpaired) electrons. The van der Waals surface area contributed by atoms with Crippen LogP contribution in [0.5, 0.6) is 0 Å². The number of likely N-dealkylation sites (tertiary alicyclic amines) is 1. The van der Waals surface area contributed by atoms with E-state index in [0.717, 1.165) is 25.1 Å². The van der Waals surface area contributed by atoms with E-state index in [0.29, 0.717) is 31.9 Å². The van der Waals surface area contributed by atoms with Crippen molar-refractivity contribution in [3.63, 3.8) is 0 Å². The summed E-state index contributed by atoms with van der Waals surface area (Å²) < 4.78 is 0. The summed E-state index contributed by atoms with van der Waals surface area (Å²) >= 11 is 0. The Hall–Kier alpha value is -2.25. The molecule has 24 heavy (non-hydrogen) atoms. The maximum atomic E-state index is 12.6. The van der Waals surface area contributed by atoms with Gasteiger partial charge in [0.25, 0.3) is 0 Å². The first-order valence-electron chi connectivity index (χ1n) is 8.72. The van der Waals surface area contributed by atoms with Gasteiger partial charge in [0, 0.05) is 38.6 Å². The molecule has 0 aromatic carbocycles. The van der Waals surface area contributed by atoms with Crippen LogP contribution in [-0.2, 0) is 0 Å². The van der Waals surface area contributed by atoms with Crippen LogP contribution in [0.2, 0.25) is 0 Å². The molecule has 1 aliphatic heterocycles. The van der Waals surface area contributed by atoms with E-state index >= 15 is 0 Å². The number of nitrogens with zero attached hydrogens (tertiary/aromatic N) is 3. The van der Waals surface area contributed by atoms with Crippen molar-refractivity contribution in [2.45, 2.75) is 39.5 Å². The minimum absolute atomic E-state index is 0.0856. The summed E-state index contributed by atoms with van der Waals surface area (Å²) in [6, 6.07) is -0.158. The highest BCUT2D eigenvalue weighted by molar-refractivity contribution is 5.89. The van der Waals surface area contributed by atoms with Crippen molar-refractivity contribution < 1.29 is 9.59 Å². The van der Waals surface area contributed by atoms with Crippen molar-refractivity contribution in [2.24, 2.45) is 0 Å². The third-order valence-electron chi connectivity index (χ3n) is 4.39. The molecule has 1 aromatic heterocycles. The van der Waals surface area contributed by atoms with Crippen molar-refractivity contribution in [1.29, 1.82) is 0 Å². The molecule has 0 aliphatic carbocycles. The van der Waals surface area contributed by atoms with Gasteiger partial charge in [-0.25, -0.2) is 9.59 Å². The van der Waals surface area contributed by atoms with E-state index < -0.39 is 0 Å². The lowest BCUT2D eigenvalue weighted by molar-refractivity contribution is 0.142. The summed E-state index contributed by atoms with van der Waals surface area (Å²) in [7, 11) is 0. The maximum absolute atomic E-state index is 12.6. The van der Waals surface area contributed by atoms with Gasteiger partial charge < -0.3 is 20.4 Å². The zero-order valence-corrected chi connectivity index (χ0v) is 14.8. The van der Waals surface area contributed by atoms with E-state index in [1.165, 1.54) is 0 Å². The highest BCUT2D eigenvalue weighted by atomic mass is 16.2. The SMILES string of the molecule is CCNC(=O)Nc1cn[nH]c1[C@H]1CCCN(C(=O)N(CC)CC)C1. The molecule has 1 saturated heterocycles. The van der Waals surface area contributed by atoms with E-state index in [2.05, 4.69) is 20.8 Å². The quantitative estimate of drug-likeness (QED) is 0.769. The number of urea groups is 2. The van der Waals surface area contributed by atoms with E-state index in [9.17, 15) is 9.59 Å². The minimum Gasteiger partial charge on any atom is -0.338 e. The fraction of sp³-hybridized carbons (Fsp3) is 0.688. The molecule has 2 rings (SSSR count). The number of carbonyl (C=O) groups is 2. The standard InChI is InChI=1S/C16H28N6O2/c1-4-17-15(23)19-13-10-18-20-14(13)12-8-7-9-22(11-12)16(24)21(5-2)6-3/h10,12H,4-9,11H2,1-3H3,(H,18,20)(H2,17,19,23)/t12-/m0/s1. The molecular weight excluding hydrogens is 308 g/mol. The molecule has 1 aromatic rings. The lowest BCUT2D eigenvalue weighted by Crippen LogP contribution is -2.47. The van der Waals surface area contributed by atoms with Crippen LogP contribution in [-0.4, -0.2) is 64.8 Å². The monoisotopic (exact) mass is 336 g/mol. The van der Waals surface area contributed by atoms with Crippen LogP contribution in [0.25, 0.3) is 0 Å². The van der Waals surface area contributed by atoms with Crippen molar-refractivity contribution in [2.75, 3.05) is 38.0 Å². The number of aromatic amines is 1. The number of hydrogen-bond donors (Lipinski definition) is 3. The van der Waals surface area contributed by atoms with E-state index in [-0.39, 0.29) is 18.0 Å². The Morgan fingerprint density at radius 1 is 1.38 bits per heavy atom. The molecule has 8 nitrogen and oxygen atoms in total. The summed E-state index contributed by atoms with van der Waals surface area (Å²) in [5.41, 5.74) is 1.57. The Morgan fingerprint density at radius 2 is 2.12 bits per heavy atom. The highest BCUT2D eigenvalue weighted by Gasteiger charge is 2.29. The third kappa shape index (κ3) is 4.18. The van der Waals surface area contributed by atoms with E-state index in [4.69, 9.17) is 0 Å². The molecule has 0 unspecified atom stereocenters. The number of piperidine rings is 1. The Morgan fingerprint density at radius 3 is 2.79 bits per heavy atom. The van der Waals surface area contributed by atoms with Gasteiger partial charge in [0.05, 0.1) is 17.6 Å². The number of rotatable bonds is 5. The number of amides is 4. The predicted octanol–water partition coefficient (Wildman–Crippen LogP) is 2.19. The zero-order chi connectivity index (χ0) is 17.5. The predicted molar refractivity (Wildman–Crippen MR) is 93.1 cm³/mol. The number of aromatic nitrogens is 2. The van der Waals surface area contributed by atoms with E-state index in [1.54, 1.807) is 6.20 Å². The first-order chi connectivity index (χ1) is 11.6. The van der Waals surface area contributed by atoms with Crippen LogP contribution in [0.1, 0.15) is 45.2 Å². The van der Waals surface area contributed by atoms with Crippen molar-refractivity contribution in [3.05, 3.63) is 11.9 Å².